The Balaban J connectivity index is 0.000000166. The molecule has 1 aromatic carbocycles. The lowest BCUT2D eigenvalue weighted by atomic mass is 10.2. The normalized spacial score (nSPS) is 14.5. The van der Waals surface area contributed by atoms with Crippen LogP contribution in [-0.4, -0.2) is 0 Å². The molecular weight excluding hydrogens is 264 g/mol. The van der Waals surface area contributed by atoms with E-state index in [2.05, 4.69) is 81.5 Å². The van der Waals surface area contributed by atoms with E-state index >= 15 is 0 Å². The summed E-state index contributed by atoms with van der Waals surface area (Å²) in [6.07, 6.45) is 19.1. The van der Waals surface area contributed by atoms with E-state index in [0.717, 1.165) is 12.8 Å². The molecule has 0 fully saturated rings. The van der Waals surface area contributed by atoms with Crippen molar-refractivity contribution in [2.75, 3.05) is 0 Å². The van der Waals surface area contributed by atoms with Crippen LogP contribution in [-0.2, 0) is 6.42 Å². The number of benzene rings is 1. The van der Waals surface area contributed by atoms with E-state index in [1.165, 1.54) is 30.4 Å². The summed E-state index contributed by atoms with van der Waals surface area (Å²) in [5.41, 5.74) is 4.45. The van der Waals surface area contributed by atoms with Crippen molar-refractivity contribution in [2.24, 2.45) is 0 Å². The summed E-state index contributed by atoms with van der Waals surface area (Å²) < 4.78 is 0. The van der Waals surface area contributed by atoms with Gasteiger partial charge in [-0.05, 0) is 37.7 Å². The van der Waals surface area contributed by atoms with Crippen LogP contribution in [0.4, 0.5) is 0 Å². The highest BCUT2D eigenvalue weighted by Crippen LogP contribution is 2.12. The summed E-state index contributed by atoms with van der Waals surface area (Å²) in [6, 6.07) is 10.5. The van der Waals surface area contributed by atoms with Crippen molar-refractivity contribution in [1.29, 1.82) is 0 Å². The van der Waals surface area contributed by atoms with Gasteiger partial charge in [0.25, 0.3) is 0 Å². The largest absolute Gasteiger partial charge is 0.0805 e. The molecule has 2 aliphatic rings. The van der Waals surface area contributed by atoms with Crippen molar-refractivity contribution in [2.45, 2.75) is 52.9 Å². The van der Waals surface area contributed by atoms with E-state index in [9.17, 15) is 0 Å². The maximum atomic E-state index is 2.26. The van der Waals surface area contributed by atoms with Gasteiger partial charge in [0.2, 0.25) is 0 Å². The predicted octanol–water partition coefficient (Wildman–Crippen LogP) is 6.81. The average molecular weight is 294 g/mol. The smallest absolute Gasteiger partial charge is 0.0133 e. The van der Waals surface area contributed by atoms with Crippen molar-refractivity contribution in [3.63, 3.8) is 0 Å². The molecule has 0 spiro atoms. The Morgan fingerprint density at radius 3 is 1.95 bits per heavy atom. The van der Waals surface area contributed by atoms with Crippen LogP contribution in [0.5, 0.6) is 0 Å². The minimum atomic E-state index is 1.14. The minimum Gasteiger partial charge on any atom is -0.0805 e. The highest BCUT2D eigenvalue weighted by atomic mass is 14.0. The van der Waals surface area contributed by atoms with Gasteiger partial charge in [0, 0.05) is 0 Å². The molecule has 0 heteroatoms. The molecule has 0 saturated carbocycles. The molecular formula is C22H30. The highest BCUT2D eigenvalue weighted by Gasteiger charge is 1.92. The molecule has 118 valence electrons. The third-order valence-corrected chi connectivity index (χ3v) is 3.81. The fourth-order valence-electron chi connectivity index (χ4n) is 2.24. The van der Waals surface area contributed by atoms with Crippen LogP contribution >= 0.6 is 0 Å². The molecule has 0 aliphatic heterocycles. The van der Waals surface area contributed by atoms with Gasteiger partial charge in [0.05, 0.1) is 0 Å². The van der Waals surface area contributed by atoms with Gasteiger partial charge < -0.3 is 0 Å². The lowest BCUT2D eigenvalue weighted by Gasteiger charge is -1.89. The zero-order valence-corrected chi connectivity index (χ0v) is 14.4. The monoisotopic (exact) mass is 294 g/mol. The van der Waals surface area contributed by atoms with Gasteiger partial charge >= 0.3 is 0 Å². The van der Waals surface area contributed by atoms with E-state index in [1.54, 1.807) is 5.57 Å². The summed E-state index contributed by atoms with van der Waals surface area (Å²) in [5, 5.41) is 0. The predicted molar refractivity (Wildman–Crippen MR) is 100 cm³/mol. The van der Waals surface area contributed by atoms with Crippen LogP contribution in [0.15, 0.2) is 77.9 Å². The molecule has 0 bridgehead atoms. The van der Waals surface area contributed by atoms with Crippen molar-refractivity contribution in [3.05, 3.63) is 83.5 Å². The fraction of sp³-hybridized carbons (Fsp3) is 0.364. The number of allylic oxidation sites excluding steroid dienone is 8. The van der Waals surface area contributed by atoms with Gasteiger partial charge in [0.1, 0.15) is 0 Å². The molecule has 0 aromatic heterocycles. The molecule has 0 unspecified atom stereocenters. The molecule has 0 nitrogen and oxygen atoms in total. The van der Waals surface area contributed by atoms with Gasteiger partial charge in [-0.3, -0.25) is 0 Å². The second-order valence-corrected chi connectivity index (χ2v) is 5.42. The second-order valence-electron chi connectivity index (χ2n) is 5.42. The molecule has 0 heterocycles. The van der Waals surface area contributed by atoms with Crippen molar-refractivity contribution < 1.29 is 0 Å². The van der Waals surface area contributed by atoms with Gasteiger partial charge in [-0.1, -0.05) is 98.7 Å². The van der Waals surface area contributed by atoms with Crippen molar-refractivity contribution in [3.8, 4) is 0 Å². The average Bonchev–Trinajstić information content (AvgIpc) is 3.29. The van der Waals surface area contributed by atoms with Crippen LogP contribution in [0, 0.1) is 0 Å². The number of hydrogen-bond acceptors (Lipinski definition) is 0. The Hall–Kier alpha value is -1.82. The Morgan fingerprint density at radius 1 is 0.864 bits per heavy atom. The zero-order chi connectivity index (χ0) is 16.0. The summed E-state index contributed by atoms with van der Waals surface area (Å²) in [6.45, 7) is 6.54. The molecule has 0 atom stereocenters. The first-order chi connectivity index (χ1) is 10.8. The van der Waals surface area contributed by atoms with Gasteiger partial charge in [-0.25, -0.2) is 0 Å². The summed E-state index contributed by atoms with van der Waals surface area (Å²) >= 11 is 0. The van der Waals surface area contributed by atoms with E-state index in [-0.39, 0.29) is 0 Å². The van der Waals surface area contributed by atoms with Gasteiger partial charge in [-0.15, -0.1) is 0 Å². The third-order valence-electron chi connectivity index (χ3n) is 3.81. The zero-order valence-electron chi connectivity index (χ0n) is 14.4. The van der Waals surface area contributed by atoms with Crippen LogP contribution < -0.4 is 0 Å². The molecule has 3 rings (SSSR count). The van der Waals surface area contributed by atoms with Crippen LogP contribution in [0.1, 0.15) is 52.0 Å². The molecule has 22 heavy (non-hydrogen) atoms. The van der Waals surface area contributed by atoms with E-state index < -0.39 is 0 Å². The van der Waals surface area contributed by atoms with E-state index in [1.807, 2.05) is 6.07 Å². The maximum absolute atomic E-state index is 2.26. The van der Waals surface area contributed by atoms with E-state index in [4.69, 9.17) is 0 Å². The minimum absolute atomic E-state index is 1.14. The lowest BCUT2D eigenvalue weighted by Crippen LogP contribution is -1.73. The molecule has 0 N–H and O–H groups in total. The molecule has 2 aliphatic carbocycles. The fourth-order valence-corrected chi connectivity index (χ4v) is 2.24. The summed E-state index contributed by atoms with van der Waals surface area (Å²) in [7, 11) is 0. The third kappa shape index (κ3) is 7.83. The first kappa shape index (κ1) is 18.2. The summed E-state index contributed by atoms with van der Waals surface area (Å²) in [5.74, 6) is 0. The Morgan fingerprint density at radius 2 is 1.64 bits per heavy atom. The molecule has 0 radical (unpaired) electrons. The van der Waals surface area contributed by atoms with Crippen molar-refractivity contribution >= 4 is 0 Å². The number of hydrogen-bond donors (Lipinski definition) is 0. The molecule has 1 aromatic rings. The Labute approximate surface area is 137 Å². The van der Waals surface area contributed by atoms with E-state index in [0.29, 0.717) is 0 Å². The van der Waals surface area contributed by atoms with Crippen LogP contribution in [0.25, 0.3) is 0 Å². The number of rotatable bonds is 3. The van der Waals surface area contributed by atoms with Crippen LogP contribution in [0.2, 0.25) is 0 Å². The topological polar surface area (TPSA) is 0 Å². The quantitative estimate of drug-likeness (QED) is 0.574. The standard InChI is InChI=1S/C8H10.2C7H10/c1-2-8-6-4-3-5-7-8;2*1-2-7-5-3-4-6-7/h3-7H,2H2,1H3;3,5-6H,2,4H2,1H3;3-5H,2,6H2,1H3. The first-order valence-corrected chi connectivity index (χ1v) is 8.54. The second kappa shape index (κ2) is 11.8. The van der Waals surface area contributed by atoms with Gasteiger partial charge in [-0.2, -0.15) is 0 Å². The number of aryl methyl sites for hydroxylation is 1. The first-order valence-electron chi connectivity index (χ1n) is 8.54. The maximum Gasteiger partial charge on any atom is -0.0133 e. The molecule has 0 amide bonds. The lowest BCUT2D eigenvalue weighted by molar-refractivity contribution is 1.05. The Kier molecular flexibility index (Phi) is 9.78. The van der Waals surface area contributed by atoms with Crippen LogP contribution in [0.3, 0.4) is 0 Å². The van der Waals surface area contributed by atoms with Crippen molar-refractivity contribution in [1.82, 2.24) is 0 Å². The highest BCUT2D eigenvalue weighted by molar-refractivity contribution is 5.25. The molecule has 0 saturated heterocycles. The summed E-state index contributed by atoms with van der Waals surface area (Å²) in [4.78, 5) is 0. The SMILES string of the molecule is CCC1=CC=CC1.CCC1=CCC=C1.CCc1ccccc1. The van der Waals surface area contributed by atoms with Gasteiger partial charge in [0.15, 0.2) is 0 Å². The Bertz CT molecular complexity index is 512.